The lowest BCUT2D eigenvalue weighted by atomic mass is 10.2. The molecule has 1 N–H and O–H groups in total. The molecule has 0 amide bonds. The summed E-state index contributed by atoms with van der Waals surface area (Å²) in [6, 6.07) is 7.23. The Kier molecular flexibility index (Phi) is 4.49. The van der Waals surface area contributed by atoms with E-state index in [1.54, 1.807) is 12.1 Å². The number of sulfone groups is 1. The number of thioether (sulfide) groups is 1. The number of H-pyrrole nitrogens is 1. The molecule has 0 saturated carbocycles. The summed E-state index contributed by atoms with van der Waals surface area (Å²) < 4.78 is 22.0. The standard InChI is InChI=1S/C11H12ClN3O2S2/c1-19(16,17)7-6-18-11-13-10(14-15-11)8-2-4-9(12)5-3-8/h2-5H,6-7H2,1H3,(H,13,14,15). The van der Waals surface area contributed by atoms with Crippen LogP contribution >= 0.6 is 23.4 Å². The van der Waals surface area contributed by atoms with Crippen LogP contribution in [-0.2, 0) is 9.84 Å². The summed E-state index contributed by atoms with van der Waals surface area (Å²) in [6.07, 6.45) is 1.21. The third-order valence-electron chi connectivity index (χ3n) is 2.27. The minimum atomic E-state index is -2.95. The van der Waals surface area contributed by atoms with Gasteiger partial charge in [0.05, 0.1) is 5.75 Å². The molecule has 0 aliphatic carbocycles. The van der Waals surface area contributed by atoms with Gasteiger partial charge in [0, 0.05) is 22.6 Å². The van der Waals surface area contributed by atoms with Crippen LogP contribution in [-0.4, -0.2) is 41.4 Å². The summed E-state index contributed by atoms with van der Waals surface area (Å²) in [6.45, 7) is 0. The summed E-state index contributed by atoms with van der Waals surface area (Å²) in [5.41, 5.74) is 0.881. The van der Waals surface area contributed by atoms with Crippen LogP contribution in [0.25, 0.3) is 11.4 Å². The van der Waals surface area contributed by atoms with Gasteiger partial charge in [-0.2, -0.15) is 0 Å². The second kappa shape index (κ2) is 5.94. The van der Waals surface area contributed by atoms with Gasteiger partial charge in [0.15, 0.2) is 5.82 Å². The SMILES string of the molecule is CS(=O)(=O)CCSc1n[nH]c(-c2ccc(Cl)cc2)n1. The molecule has 0 saturated heterocycles. The Morgan fingerprint density at radius 1 is 1.32 bits per heavy atom. The van der Waals surface area contributed by atoms with Gasteiger partial charge in [-0.25, -0.2) is 13.4 Å². The van der Waals surface area contributed by atoms with Crippen molar-refractivity contribution in [3.8, 4) is 11.4 Å². The number of hydrogen-bond acceptors (Lipinski definition) is 5. The lowest BCUT2D eigenvalue weighted by Crippen LogP contribution is -2.05. The van der Waals surface area contributed by atoms with E-state index in [2.05, 4.69) is 15.2 Å². The molecule has 2 rings (SSSR count). The van der Waals surface area contributed by atoms with Crippen LogP contribution in [0.15, 0.2) is 29.4 Å². The van der Waals surface area contributed by atoms with Crippen molar-refractivity contribution in [2.24, 2.45) is 0 Å². The van der Waals surface area contributed by atoms with Crippen LogP contribution in [0.3, 0.4) is 0 Å². The van der Waals surface area contributed by atoms with Crippen molar-refractivity contribution in [2.45, 2.75) is 5.16 Å². The van der Waals surface area contributed by atoms with Crippen LogP contribution in [0.1, 0.15) is 0 Å². The van der Waals surface area contributed by atoms with Crippen molar-refractivity contribution in [1.82, 2.24) is 15.2 Å². The van der Waals surface area contributed by atoms with E-state index in [0.717, 1.165) is 5.56 Å². The fourth-order valence-electron chi connectivity index (χ4n) is 1.33. The van der Waals surface area contributed by atoms with Gasteiger partial charge in [-0.1, -0.05) is 23.4 Å². The predicted molar refractivity (Wildman–Crippen MR) is 77.3 cm³/mol. The average molecular weight is 318 g/mol. The molecule has 1 heterocycles. The molecule has 8 heteroatoms. The molecule has 2 aromatic rings. The number of nitrogens with one attached hydrogen (secondary N) is 1. The summed E-state index contributed by atoms with van der Waals surface area (Å²) in [5, 5.41) is 8.04. The van der Waals surface area contributed by atoms with Gasteiger partial charge >= 0.3 is 0 Å². The lowest BCUT2D eigenvalue weighted by molar-refractivity contribution is 0.603. The van der Waals surface area contributed by atoms with E-state index in [1.807, 2.05) is 12.1 Å². The fraction of sp³-hybridized carbons (Fsp3) is 0.273. The number of nitrogens with zero attached hydrogens (tertiary/aromatic N) is 2. The highest BCUT2D eigenvalue weighted by Crippen LogP contribution is 2.20. The van der Waals surface area contributed by atoms with Crippen molar-refractivity contribution >= 4 is 33.2 Å². The van der Waals surface area contributed by atoms with Crippen molar-refractivity contribution in [2.75, 3.05) is 17.8 Å². The monoisotopic (exact) mass is 317 g/mol. The molecule has 102 valence electrons. The minimum absolute atomic E-state index is 0.114. The van der Waals surface area contributed by atoms with Crippen molar-refractivity contribution < 1.29 is 8.42 Å². The molecule has 0 aliphatic heterocycles. The third-order valence-corrected chi connectivity index (χ3v) is 4.57. The molecule has 19 heavy (non-hydrogen) atoms. The highest BCUT2D eigenvalue weighted by Gasteiger charge is 2.08. The largest absolute Gasteiger partial charge is 0.258 e. The van der Waals surface area contributed by atoms with E-state index in [9.17, 15) is 8.42 Å². The number of aromatic amines is 1. The van der Waals surface area contributed by atoms with Crippen molar-refractivity contribution in [3.63, 3.8) is 0 Å². The second-order valence-corrected chi connectivity index (χ2v) is 7.71. The van der Waals surface area contributed by atoms with Gasteiger partial charge in [0.2, 0.25) is 5.16 Å². The molecule has 1 aromatic carbocycles. The van der Waals surface area contributed by atoms with Gasteiger partial charge in [-0.3, -0.25) is 5.10 Å². The molecule has 0 unspecified atom stereocenters. The smallest absolute Gasteiger partial charge is 0.208 e. The zero-order valence-electron chi connectivity index (χ0n) is 10.1. The molecule has 5 nitrogen and oxygen atoms in total. The van der Waals surface area contributed by atoms with Crippen LogP contribution in [0.2, 0.25) is 5.02 Å². The zero-order valence-corrected chi connectivity index (χ0v) is 12.5. The summed E-state index contributed by atoms with van der Waals surface area (Å²) in [7, 11) is -2.95. The number of rotatable bonds is 5. The molecule has 0 radical (unpaired) electrons. The van der Waals surface area contributed by atoms with E-state index >= 15 is 0 Å². The number of halogens is 1. The first-order valence-electron chi connectivity index (χ1n) is 5.43. The molecule has 0 fully saturated rings. The average Bonchev–Trinajstić information content (AvgIpc) is 2.77. The molecule has 0 aliphatic rings. The van der Waals surface area contributed by atoms with Gasteiger partial charge < -0.3 is 0 Å². The Labute approximate surface area is 120 Å². The predicted octanol–water partition coefficient (Wildman–Crippen LogP) is 2.26. The Bertz CT molecular complexity index is 653. The van der Waals surface area contributed by atoms with Crippen LogP contribution < -0.4 is 0 Å². The Hall–Kier alpha value is -1.05. The Morgan fingerprint density at radius 3 is 2.63 bits per heavy atom. The first-order valence-corrected chi connectivity index (χ1v) is 8.85. The third kappa shape index (κ3) is 4.52. The quantitative estimate of drug-likeness (QED) is 0.856. The molecule has 0 bridgehead atoms. The number of benzene rings is 1. The highest BCUT2D eigenvalue weighted by atomic mass is 35.5. The van der Waals surface area contributed by atoms with Gasteiger partial charge in [0.25, 0.3) is 0 Å². The highest BCUT2D eigenvalue weighted by molar-refractivity contribution is 8.00. The maximum absolute atomic E-state index is 11.0. The van der Waals surface area contributed by atoms with Crippen LogP contribution in [0.4, 0.5) is 0 Å². The first kappa shape index (κ1) is 14.4. The first-order chi connectivity index (χ1) is 8.94. The van der Waals surface area contributed by atoms with E-state index < -0.39 is 9.84 Å². The van der Waals surface area contributed by atoms with Crippen molar-refractivity contribution in [1.29, 1.82) is 0 Å². The van der Waals surface area contributed by atoms with E-state index in [4.69, 9.17) is 11.6 Å². The zero-order chi connectivity index (χ0) is 13.9. The topological polar surface area (TPSA) is 75.7 Å². The van der Waals surface area contributed by atoms with E-state index in [0.29, 0.717) is 21.8 Å². The van der Waals surface area contributed by atoms with E-state index in [1.165, 1.54) is 18.0 Å². The maximum Gasteiger partial charge on any atom is 0.208 e. The maximum atomic E-state index is 11.0. The molecule has 1 aromatic heterocycles. The minimum Gasteiger partial charge on any atom is -0.258 e. The Balaban J connectivity index is 2.01. The number of hydrogen-bond donors (Lipinski definition) is 1. The van der Waals surface area contributed by atoms with Crippen molar-refractivity contribution in [3.05, 3.63) is 29.3 Å². The van der Waals surface area contributed by atoms with Crippen LogP contribution in [0.5, 0.6) is 0 Å². The second-order valence-electron chi connectivity index (χ2n) is 3.95. The van der Waals surface area contributed by atoms with E-state index in [-0.39, 0.29) is 5.75 Å². The summed E-state index contributed by atoms with van der Waals surface area (Å²) in [4.78, 5) is 4.29. The van der Waals surface area contributed by atoms with Gasteiger partial charge in [-0.15, -0.1) is 5.10 Å². The Morgan fingerprint density at radius 2 is 2.00 bits per heavy atom. The molecule has 0 spiro atoms. The van der Waals surface area contributed by atoms with Gasteiger partial charge in [0.1, 0.15) is 9.84 Å². The van der Waals surface area contributed by atoms with Crippen LogP contribution in [0, 0.1) is 0 Å². The summed E-state index contributed by atoms with van der Waals surface area (Å²) in [5.74, 6) is 1.19. The summed E-state index contributed by atoms with van der Waals surface area (Å²) >= 11 is 7.12. The lowest BCUT2D eigenvalue weighted by Gasteiger charge is -1.96. The molecule has 0 atom stereocenters. The van der Waals surface area contributed by atoms with Gasteiger partial charge in [-0.05, 0) is 24.3 Å². The number of aromatic nitrogens is 3. The normalized spacial score (nSPS) is 11.7. The molecular formula is C11H12ClN3O2S2. The fourth-order valence-corrected chi connectivity index (χ4v) is 3.45. The molecular weight excluding hydrogens is 306 g/mol.